The van der Waals surface area contributed by atoms with E-state index < -0.39 is 0 Å². The van der Waals surface area contributed by atoms with Crippen LogP contribution in [0.5, 0.6) is 17.2 Å². The molecular formula is C20H24N2O4. The lowest BCUT2D eigenvalue weighted by Crippen LogP contribution is -2.24. The van der Waals surface area contributed by atoms with Crippen molar-refractivity contribution in [2.75, 3.05) is 13.7 Å². The smallest absolute Gasteiger partial charge is 0.277 e. The zero-order valence-corrected chi connectivity index (χ0v) is 15.2. The van der Waals surface area contributed by atoms with E-state index >= 15 is 0 Å². The fraction of sp³-hybridized carbons (Fsp3) is 0.300. The van der Waals surface area contributed by atoms with Gasteiger partial charge < -0.3 is 14.6 Å². The molecule has 26 heavy (non-hydrogen) atoms. The van der Waals surface area contributed by atoms with Gasteiger partial charge in [-0.25, -0.2) is 5.43 Å². The van der Waals surface area contributed by atoms with E-state index in [9.17, 15) is 9.90 Å². The fourth-order valence-corrected chi connectivity index (χ4v) is 2.26. The summed E-state index contributed by atoms with van der Waals surface area (Å²) >= 11 is 0. The molecule has 6 heteroatoms. The zero-order chi connectivity index (χ0) is 18.9. The molecule has 0 bridgehead atoms. The van der Waals surface area contributed by atoms with Gasteiger partial charge in [0.15, 0.2) is 18.1 Å². The lowest BCUT2D eigenvalue weighted by molar-refractivity contribution is -0.123. The first kappa shape index (κ1) is 19.3. The molecule has 1 amide bonds. The van der Waals surface area contributed by atoms with Crippen molar-refractivity contribution < 1.29 is 19.4 Å². The van der Waals surface area contributed by atoms with Crippen LogP contribution in [0.3, 0.4) is 0 Å². The van der Waals surface area contributed by atoms with E-state index in [-0.39, 0.29) is 18.3 Å². The summed E-state index contributed by atoms with van der Waals surface area (Å²) in [7, 11) is 1.46. The number of hydrogen-bond acceptors (Lipinski definition) is 5. The second kappa shape index (κ2) is 9.46. The average Bonchev–Trinajstić information content (AvgIpc) is 2.67. The largest absolute Gasteiger partial charge is 0.504 e. The number of carbonyl (C=O) groups is 1. The van der Waals surface area contributed by atoms with Gasteiger partial charge in [-0.1, -0.05) is 26.0 Å². The van der Waals surface area contributed by atoms with Crippen LogP contribution in [0.25, 0.3) is 0 Å². The number of methoxy groups -OCH3 is 1. The fourth-order valence-electron chi connectivity index (χ4n) is 2.26. The SMILES string of the molecule is CC[C@@H](C)c1ccc(OCC(=O)N/N=C/c2ccc(O)c(OC)c2)cc1. The standard InChI is InChI=1S/C20H24N2O4/c1-4-14(2)16-6-8-17(9-7-16)26-13-20(24)22-21-12-15-5-10-18(23)19(11-15)25-3/h5-12,14,23H,4,13H2,1-3H3,(H,22,24)/b21-12+/t14-/m1/s1. The Morgan fingerprint density at radius 1 is 1.27 bits per heavy atom. The molecule has 0 aliphatic carbocycles. The molecule has 0 saturated carbocycles. The number of phenols is 1. The average molecular weight is 356 g/mol. The Kier molecular flexibility index (Phi) is 7.02. The third kappa shape index (κ3) is 5.51. The van der Waals surface area contributed by atoms with Crippen molar-refractivity contribution in [3.05, 3.63) is 53.6 Å². The van der Waals surface area contributed by atoms with Gasteiger partial charge in [0.1, 0.15) is 5.75 Å². The molecule has 138 valence electrons. The van der Waals surface area contributed by atoms with Gasteiger partial charge in [0, 0.05) is 0 Å². The summed E-state index contributed by atoms with van der Waals surface area (Å²) in [5.74, 6) is 1.16. The minimum absolute atomic E-state index is 0.0430. The highest BCUT2D eigenvalue weighted by atomic mass is 16.5. The molecule has 0 saturated heterocycles. The van der Waals surface area contributed by atoms with Crippen LogP contribution in [0.15, 0.2) is 47.6 Å². The predicted molar refractivity (Wildman–Crippen MR) is 101 cm³/mol. The number of benzene rings is 2. The maximum Gasteiger partial charge on any atom is 0.277 e. The summed E-state index contributed by atoms with van der Waals surface area (Å²) in [6.45, 7) is 4.19. The highest BCUT2D eigenvalue weighted by Crippen LogP contribution is 2.25. The monoisotopic (exact) mass is 356 g/mol. The molecule has 2 aromatic rings. The van der Waals surface area contributed by atoms with Crippen LogP contribution in [0.2, 0.25) is 0 Å². The zero-order valence-electron chi connectivity index (χ0n) is 15.2. The lowest BCUT2D eigenvalue weighted by atomic mass is 9.99. The molecular weight excluding hydrogens is 332 g/mol. The molecule has 0 radical (unpaired) electrons. The molecule has 0 aliphatic heterocycles. The Morgan fingerprint density at radius 2 is 2.00 bits per heavy atom. The quantitative estimate of drug-likeness (QED) is 0.561. The summed E-state index contributed by atoms with van der Waals surface area (Å²) in [6.07, 6.45) is 2.54. The van der Waals surface area contributed by atoms with Gasteiger partial charge in [-0.2, -0.15) is 5.10 Å². The van der Waals surface area contributed by atoms with Gasteiger partial charge in [0.2, 0.25) is 0 Å². The summed E-state index contributed by atoms with van der Waals surface area (Å²) in [5, 5.41) is 13.4. The number of rotatable bonds is 8. The predicted octanol–water partition coefficient (Wildman–Crippen LogP) is 3.44. The van der Waals surface area contributed by atoms with Gasteiger partial charge in [-0.15, -0.1) is 0 Å². The Balaban J connectivity index is 1.81. The minimum atomic E-state index is -0.363. The van der Waals surface area contributed by atoms with Crippen molar-refractivity contribution in [3.8, 4) is 17.2 Å². The van der Waals surface area contributed by atoms with Crippen LogP contribution in [0.4, 0.5) is 0 Å². The van der Waals surface area contributed by atoms with Crippen molar-refractivity contribution in [2.45, 2.75) is 26.2 Å². The highest BCUT2D eigenvalue weighted by Gasteiger charge is 2.05. The number of hydrogen-bond donors (Lipinski definition) is 2. The maximum absolute atomic E-state index is 11.8. The Bertz CT molecular complexity index is 757. The number of phenolic OH excluding ortho intramolecular Hbond substituents is 1. The molecule has 2 N–H and O–H groups in total. The van der Waals surface area contributed by atoms with Crippen LogP contribution in [0.1, 0.15) is 37.3 Å². The van der Waals surface area contributed by atoms with E-state index in [0.717, 1.165) is 6.42 Å². The lowest BCUT2D eigenvalue weighted by Gasteiger charge is -2.10. The molecule has 2 aromatic carbocycles. The molecule has 0 aliphatic rings. The number of carbonyl (C=O) groups excluding carboxylic acids is 1. The summed E-state index contributed by atoms with van der Waals surface area (Å²) in [5.41, 5.74) is 4.32. The van der Waals surface area contributed by atoms with Crippen LogP contribution in [-0.4, -0.2) is 30.9 Å². The normalized spacial score (nSPS) is 12.0. The van der Waals surface area contributed by atoms with Gasteiger partial charge >= 0.3 is 0 Å². The van der Waals surface area contributed by atoms with E-state index in [2.05, 4.69) is 24.4 Å². The van der Waals surface area contributed by atoms with E-state index in [0.29, 0.717) is 23.0 Å². The number of nitrogens with zero attached hydrogens (tertiary/aromatic N) is 1. The number of nitrogens with one attached hydrogen (secondary N) is 1. The molecule has 6 nitrogen and oxygen atoms in total. The molecule has 2 rings (SSSR count). The van der Waals surface area contributed by atoms with Gasteiger partial charge in [-0.3, -0.25) is 4.79 Å². The summed E-state index contributed by atoms with van der Waals surface area (Å²) < 4.78 is 10.5. The third-order valence-electron chi connectivity index (χ3n) is 4.04. The van der Waals surface area contributed by atoms with Gasteiger partial charge in [0.25, 0.3) is 5.91 Å². The van der Waals surface area contributed by atoms with Crippen molar-refractivity contribution in [2.24, 2.45) is 5.10 Å². The molecule has 0 spiro atoms. The van der Waals surface area contributed by atoms with Gasteiger partial charge in [-0.05, 0) is 53.8 Å². The molecule has 0 fully saturated rings. The van der Waals surface area contributed by atoms with E-state index in [1.807, 2.05) is 24.3 Å². The van der Waals surface area contributed by atoms with E-state index in [1.54, 1.807) is 12.1 Å². The van der Waals surface area contributed by atoms with E-state index in [1.165, 1.54) is 25.0 Å². The number of amides is 1. The first-order valence-electron chi connectivity index (χ1n) is 8.45. The minimum Gasteiger partial charge on any atom is -0.504 e. The first-order chi connectivity index (χ1) is 12.5. The number of aromatic hydroxyl groups is 1. The van der Waals surface area contributed by atoms with Crippen LogP contribution in [-0.2, 0) is 4.79 Å². The molecule has 0 heterocycles. The number of ether oxygens (including phenoxy) is 2. The molecule has 0 unspecified atom stereocenters. The van der Waals surface area contributed by atoms with Crippen molar-refractivity contribution in [1.82, 2.24) is 5.43 Å². The van der Waals surface area contributed by atoms with Gasteiger partial charge in [0.05, 0.1) is 13.3 Å². The van der Waals surface area contributed by atoms with Crippen molar-refractivity contribution in [3.63, 3.8) is 0 Å². The van der Waals surface area contributed by atoms with Crippen LogP contribution < -0.4 is 14.9 Å². The van der Waals surface area contributed by atoms with Crippen molar-refractivity contribution in [1.29, 1.82) is 0 Å². The van der Waals surface area contributed by atoms with Crippen LogP contribution in [0, 0.1) is 0 Å². The van der Waals surface area contributed by atoms with Crippen molar-refractivity contribution >= 4 is 12.1 Å². The van der Waals surface area contributed by atoms with E-state index in [4.69, 9.17) is 9.47 Å². The highest BCUT2D eigenvalue weighted by molar-refractivity contribution is 5.83. The Labute approximate surface area is 153 Å². The second-order valence-electron chi connectivity index (χ2n) is 5.89. The molecule has 0 aromatic heterocycles. The third-order valence-corrected chi connectivity index (χ3v) is 4.04. The summed E-state index contributed by atoms with van der Waals surface area (Å²) in [4.78, 5) is 11.8. The van der Waals surface area contributed by atoms with Crippen LogP contribution >= 0.6 is 0 Å². The topological polar surface area (TPSA) is 80.2 Å². The second-order valence-corrected chi connectivity index (χ2v) is 5.89. The maximum atomic E-state index is 11.8. The Morgan fingerprint density at radius 3 is 2.65 bits per heavy atom. The first-order valence-corrected chi connectivity index (χ1v) is 8.45. The number of hydrazone groups is 1. The Hall–Kier alpha value is -3.02. The summed E-state index contributed by atoms with van der Waals surface area (Å²) in [6, 6.07) is 12.5. The molecule has 1 atom stereocenters.